The molecule has 6 nitrogen and oxygen atoms in total. The van der Waals surface area contributed by atoms with Crippen molar-refractivity contribution < 1.29 is 19.0 Å². The molecule has 21 heavy (non-hydrogen) atoms. The van der Waals surface area contributed by atoms with E-state index in [4.69, 9.17) is 19.9 Å². The topological polar surface area (TPSA) is 82.8 Å². The standard InChI is InChI=1S/C15H20N2O4/c1-2-17-15(14(16)18)6-5-11(8-15)21-10-3-4-12-13(7-10)20-9-19-12/h3-4,7,11,17H,2,5-6,8-9H2,1H3,(H2,16,18). The number of nitrogens with one attached hydrogen (secondary N) is 1. The summed E-state index contributed by atoms with van der Waals surface area (Å²) in [5, 5.41) is 3.22. The quantitative estimate of drug-likeness (QED) is 0.851. The van der Waals surface area contributed by atoms with Crippen LogP contribution in [0.4, 0.5) is 0 Å². The number of amides is 1. The summed E-state index contributed by atoms with van der Waals surface area (Å²) in [6.45, 7) is 2.92. The molecule has 1 saturated carbocycles. The zero-order valence-corrected chi connectivity index (χ0v) is 12.1. The van der Waals surface area contributed by atoms with Crippen molar-refractivity contribution in [3.63, 3.8) is 0 Å². The minimum atomic E-state index is -0.643. The Morgan fingerprint density at radius 2 is 2.29 bits per heavy atom. The Labute approximate surface area is 123 Å². The Hall–Kier alpha value is -1.95. The second-order valence-electron chi connectivity index (χ2n) is 5.47. The zero-order chi connectivity index (χ0) is 14.9. The van der Waals surface area contributed by atoms with Crippen LogP contribution in [-0.4, -0.2) is 30.9 Å². The van der Waals surface area contributed by atoms with Crippen molar-refractivity contribution in [2.24, 2.45) is 5.73 Å². The largest absolute Gasteiger partial charge is 0.490 e. The monoisotopic (exact) mass is 292 g/mol. The van der Waals surface area contributed by atoms with Gasteiger partial charge in [0.15, 0.2) is 11.5 Å². The lowest BCUT2D eigenvalue weighted by Crippen LogP contribution is -2.54. The van der Waals surface area contributed by atoms with Crippen molar-refractivity contribution in [2.45, 2.75) is 37.8 Å². The average molecular weight is 292 g/mol. The average Bonchev–Trinajstić information content (AvgIpc) is 3.06. The number of hydrogen-bond acceptors (Lipinski definition) is 5. The van der Waals surface area contributed by atoms with E-state index in [0.717, 1.165) is 17.9 Å². The van der Waals surface area contributed by atoms with Crippen molar-refractivity contribution in [1.29, 1.82) is 0 Å². The first-order valence-corrected chi connectivity index (χ1v) is 7.24. The number of rotatable bonds is 5. The van der Waals surface area contributed by atoms with Gasteiger partial charge in [0.2, 0.25) is 12.7 Å². The van der Waals surface area contributed by atoms with Crippen LogP contribution in [-0.2, 0) is 4.79 Å². The third kappa shape index (κ3) is 2.63. The number of carbonyl (C=O) groups excluding carboxylic acids is 1. The predicted octanol–water partition coefficient (Wildman–Crippen LogP) is 1.18. The number of likely N-dealkylation sites (N-methyl/N-ethyl adjacent to an activating group) is 1. The number of fused-ring (bicyclic) bond motifs is 1. The van der Waals surface area contributed by atoms with Crippen LogP contribution < -0.4 is 25.3 Å². The third-order valence-corrected chi connectivity index (χ3v) is 4.10. The first-order valence-electron chi connectivity index (χ1n) is 7.24. The van der Waals surface area contributed by atoms with E-state index in [0.29, 0.717) is 25.1 Å². The highest BCUT2D eigenvalue weighted by Gasteiger charge is 2.44. The lowest BCUT2D eigenvalue weighted by molar-refractivity contribution is -0.124. The van der Waals surface area contributed by atoms with Gasteiger partial charge in [0.1, 0.15) is 17.4 Å². The SMILES string of the molecule is CCNC1(C(N)=O)CCC(Oc2ccc3c(c2)OCO3)C1. The highest BCUT2D eigenvalue weighted by atomic mass is 16.7. The van der Waals surface area contributed by atoms with Crippen LogP contribution in [0.25, 0.3) is 0 Å². The second kappa shape index (κ2) is 5.44. The fraction of sp³-hybridized carbons (Fsp3) is 0.533. The van der Waals surface area contributed by atoms with Gasteiger partial charge in [0, 0.05) is 12.5 Å². The summed E-state index contributed by atoms with van der Waals surface area (Å²) < 4.78 is 16.6. The molecule has 2 atom stereocenters. The van der Waals surface area contributed by atoms with Gasteiger partial charge in [0.05, 0.1) is 0 Å². The third-order valence-electron chi connectivity index (χ3n) is 4.10. The molecule has 0 spiro atoms. The molecule has 1 heterocycles. The summed E-state index contributed by atoms with van der Waals surface area (Å²) in [6.07, 6.45) is 2.05. The van der Waals surface area contributed by atoms with Crippen molar-refractivity contribution in [1.82, 2.24) is 5.32 Å². The lowest BCUT2D eigenvalue weighted by Gasteiger charge is -2.26. The molecule has 1 fully saturated rings. The highest BCUT2D eigenvalue weighted by molar-refractivity contribution is 5.85. The minimum absolute atomic E-state index is 0.0306. The van der Waals surface area contributed by atoms with Crippen LogP contribution in [0.2, 0.25) is 0 Å². The Morgan fingerprint density at radius 1 is 1.48 bits per heavy atom. The molecule has 6 heteroatoms. The molecule has 2 unspecified atom stereocenters. The van der Waals surface area contributed by atoms with Gasteiger partial charge in [-0.2, -0.15) is 0 Å². The van der Waals surface area contributed by atoms with Gasteiger partial charge < -0.3 is 25.3 Å². The first-order chi connectivity index (χ1) is 10.1. The second-order valence-corrected chi connectivity index (χ2v) is 5.47. The summed E-state index contributed by atoms with van der Waals surface area (Å²) in [5.74, 6) is 1.84. The maximum absolute atomic E-state index is 11.7. The van der Waals surface area contributed by atoms with E-state index in [1.54, 1.807) is 0 Å². The van der Waals surface area contributed by atoms with Gasteiger partial charge in [-0.25, -0.2) is 0 Å². The van der Waals surface area contributed by atoms with Gasteiger partial charge in [0.25, 0.3) is 0 Å². The number of nitrogens with two attached hydrogens (primary N) is 1. The van der Waals surface area contributed by atoms with Crippen LogP contribution in [0, 0.1) is 0 Å². The number of primary amides is 1. The van der Waals surface area contributed by atoms with Crippen LogP contribution in [0.3, 0.4) is 0 Å². The number of ether oxygens (including phenoxy) is 3. The van der Waals surface area contributed by atoms with Crippen molar-refractivity contribution in [3.05, 3.63) is 18.2 Å². The molecule has 3 N–H and O–H groups in total. The van der Waals surface area contributed by atoms with Gasteiger partial charge in [-0.3, -0.25) is 4.79 Å². The molecule has 114 valence electrons. The Morgan fingerprint density at radius 3 is 3.05 bits per heavy atom. The Kier molecular flexibility index (Phi) is 3.63. The molecule has 1 amide bonds. The molecule has 0 saturated heterocycles. The van der Waals surface area contributed by atoms with Crippen LogP contribution >= 0.6 is 0 Å². The molecule has 1 aliphatic heterocycles. The maximum Gasteiger partial charge on any atom is 0.237 e. The highest BCUT2D eigenvalue weighted by Crippen LogP contribution is 2.37. The maximum atomic E-state index is 11.7. The van der Waals surface area contributed by atoms with E-state index in [9.17, 15) is 4.79 Å². The van der Waals surface area contributed by atoms with E-state index >= 15 is 0 Å². The van der Waals surface area contributed by atoms with E-state index < -0.39 is 5.54 Å². The molecule has 0 bridgehead atoms. The first kappa shape index (κ1) is 14.0. The molecule has 3 rings (SSSR count). The molecule has 1 aromatic rings. The summed E-state index contributed by atoms with van der Waals surface area (Å²) >= 11 is 0. The van der Waals surface area contributed by atoms with Gasteiger partial charge in [-0.05, 0) is 31.5 Å². The minimum Gasteiger partial charge on any atom is -0.490 e. The fourth-order valence-corrected chi connectivity index (χ4v) is 3.05. The molecule has 0 aromatic heterocycles. The van der Waals surface area contributed by atoms with Crippen LogP contribution in [0.1, 0.15) is 26.2 Å². The zero-order valence-electron chi connectivity index (χ0n) is 12.1. The fourth-order valence-electron chi connectivity index (χ4n) is 3.05. The summed E-state index contributed by atoms with van der Waals surface area (Å²) in [6, 6.07) is 5.50. The Bertz CT molecular complexity index is 548. The molecule has 1 aliphatic carbocycles. The van der Waals surface area contributed by atoms with Crippen molar-refractivity contribution in [3.8, 4) is 17.2 Å². The molecule has 1 aromatic carbocycles. The number of benzene rings is 1. The van der Waals surface area contributed by atoms with Crippen LogP contribution in [0.5, 0.6) is 17.2 Å². The van der Waals surface area contributed by atoms with E-state index in [-0.39, 0.29) is 18.8 Å². The smallest absolute Gasteiger partial charge is 0.237 e. The summed E-state index contributed by atoms with van der Waals surface area (Å²) in [4.78, 5) is 11.7. The number of hydrogen-bond donors (Lipinski definition) is 2. The molecule has 2 aliphatic rings. The van der Waals surface area contributed by atoms with E-state index in [1.807, 2.05) is 25.1 Å². The predicted molar refractivity (Wildman–Crippen MR) is 76.4 cm³/mol. The van der Waals surface area contributed by atoms with Gasteiger partial charge >= 0.3 is 0 Å². The lowest BCUT2D eigenvalue weighted by atomic mass is 9.96. The molecule has 0 radical (unpaired) electrons. The van der Waals surface area contributed by atoms with Gasteiger partial charge in [-0.15, -0.1) is 0 Å². The normalized spacial score (nSPS) is 26.8. The molecular weight excluding hydrogens is 272 g/mol. The van der Waals surface area contributed by atoms with Crippen molar-refractivity contribution in [2.75, 3.05) is 13.3 Å². The van der Waals surface area contributed by atoms with E-state index in [1.165, 1.54) is 0 Å². The number of carbonyl (C=O) groups is 1. The van der Waals surface area contributed by atoms with E-state index in [2.05, 4.69) is 5.32 Å². The molecular formula is C15H20N2O4. The van der Waals surface area contributed by atoms with Crippen LogP contribution in [0.15, 0.2) is 18.2 Å². The Balaban J connectivity index is 1.68. The van der Waals surface area contributed by atoms with Crippen molar-refractivity contribution >= 4 is 5.91 Å². The summed E-state index contributed by atoms with van der Waals surface area (Å²) in [7, 11) is 0. The van der Waals surface area contributed by atoms with Gasteiger partial charge in [-0.1, -0.05) is 6.92 Å². The summed E-state index contributed by atoms with van der Waals surface area (Å²) in [5.41, 5.74) is 4.91.